The minimum Gasteiger partial charge on any atom is -0.313 e. The number of pyridine rings is 1. The first-order valence-electron chi connectivity index (χ1n) is 19.6. The zero-order valence-corrected chi connectivity index (χ0v) is 30.9. The number of hydrogen-bond acceptors (Lipinski definition) is 2. The highest BCUT2D eigenvalue weighted by atomic mass is 15.0. The predicted octanol–water partition coefficient (Wildman–Crippen LogP) is 12.9. The van der Waals surface area contributed by atoms with Gasteiger partial charge in [0.25, 0.3) is 0 Å². The van der Waals surface area contributed by atoms with E-state index in [0.717, 1.165) is 64.4 Å². The Morgan fingerprint density at radius 3 is 2.00 bits per heavy atom. The van der Waals surface area contributed by atoms with Gasteiger partial charge in [-0.3, -0.25) is 4.99 Å². The van der Waals surface area contributed by atoms with Gasteiger partial charge in [0.15, 0.2) is 0 Å². The lowest BCUT2D eigenvalue weighted by molar-refractivity contribution is 0.737. The molecular formula is C52H38N4. The molecule has 0 amide bonds. The first-order valence-corrected chi connectivity index (χ1v) is 19.6. The van der Waals surface area contributed by atoms with E-state index in [1.807, 2.05) is 6.07 Å². The summed E-state index contributed by atoms with van der Waals surface area (Å²) in [5.74, 6) is 0. The molecular weight excluding hydrogens is 681 g/mol. The molecule has 6 aromatic carbocycles. The summed E-state index contributed by atoms with van der Waals surface area (Å²) in [7, 11) is 0. The maximum absolute atomic E-state index is 5.24. The zero-order chi connectivity index (χ0) is 37.0. The lowest BCUT2D eigenvalue weighted by Crippen LogP contribution is -2.07. The molecule has 4 nitrogen and oxygen atoms in total. The highest BCUT2D eigenvalue weighted by Gasteiger charge is 2.24. The van der Waals surface area contributed by atoms with E-state index in [0.29, 0.717) is 0 Å². The average molecular weight is 719 g/mol. The van der Waals surface area contributed by atoms with Gasteiger partial charge in [-0.05, 0) is 85.5 Å². The van der Waals surface area contributed by atoms with Crippen molar-refractivity contribution in [2.24, 2.45) is 4.99 Å². The summed E-state index contributed by atoms with van der Waals surface area (Å²) in [6, 6.07) is 58.8. The Morgan fingerprint density at radius 1 is 0.500 bits per heavy atom. The molecule has 0 N–H and O–H groups in total. The Hall–Kier alpha value is -7.04. The zero-order valence-electron chi connectivity index (χ0n) is 30.9. The van der Waals surface area contributed by atoms with Crippen LogP contribution in [0.5, 0.6) is 0 Å². The summed E-state index contributed by atoms with van der Waals surface area (Å²) in [4.78, 5) is 10.4. The third kappa shape index (κ3) is 5.37. The maximum atomic E-state index is 5.24. The van der Waals surface area contributed by atoms with Crippen molar-refractivity contribution in [1.29, 1.82) is 0 Å². The Labute approximate surface area is 326 Å². The van der Waals surface area contributed by atoms with Gasteiger partial charge in [0.2, 0.25) is 0 Å². The molecule has 1 atom stereocenters. The van der Waals surface area contributed by atoms with Gasteiger partial charge >= 0.3 is 0 Å². The second-order valence-electron chi connectivity index (χ2n) is 14.8. The molecule has 0 saturated heterocycles. The minimum absolute atomic E-state index is 0.126. The lowest BCUT2D eigenvalue weighted by Gasteiger charge is -2.17. The summed E-state index contributed by atoms with van der Waals surface area (Å²) in [5.41, 5.74) is 16.2. The van der Waals surface area contributed by atoms with Crippen molar-refractivity contribution in [3.63, 3.8) is 0 Å². The summed E-state index contributed by atoms with van der Waals surface area (Å²) in [5, 5.41) is 3.85. The number of benzene rings is 6. The van der Waals surface area contributed by atoms with Crippen LogP contribution < -0.4 is 0 Å². The molecule has 1 unspecified atom stereocenters. The Kier molecular flexibility index (Phi) is 7.73. The summed E-state index contributed by atoms with van der Waals surface area (Å²) < 4.78 is 4.94. The smallest absolute Gasteiger partial charge is 0.0790 e. The number of hydrogen-bond donors (Lipinski definition) is 0. The van der Waals surface area contributed by atoms with Gasteiger partial charge in [-0.1, -0.05) is 127 Å². The molecule has 266 valence electrons. The van der Waals surface area contributed by atoms with Crippen molar-refractivity contribution < 1.29 is 0 Å². The van der Waals surface area contributed by atoms with Gasteiger partial charge < -0.3 is 9.13 Å². The molecule has 11 rings (SSSR count). The van der Waals surface area contributed by atoms with Crippen LogP contribution in [0.25, 0.3) is 72.7 Å². The molecule has 56 heavy (non-hydrogen) atoms. The van der Waals surface area contributed by atoms with Gasteiger partial charge in [0.1, 0.15) is 0 Å². The highest BCUT2D eigenvalue weighted by Crippen LogP contribution is 2.43. The second-order valence-corrected chi connectivity index (χ2v) is 14.8. The SMILES string of the molecule is C1=Cc2c(n(-c3cccc(-c4cccc(-c5ccccc5)n4)c3)c3ccc4c(c5ccccc5n4-c4cccc(C5=NC(c6ccccc6)CC=C5)c4)c23)CC1. The molecule has 3 aromatic heterocycles. The molecule has 0 spiro atoms. The standard InChI is InChI=1S/C52H38N4/c1-3-15-35(16-4-1)43-25-13-27-45(53-43)37-19-11-21-39(33-37)55-47-29-9-7-23-41(47)51-49(55)31-32-50-52(51)42-24-8-10-30-48(42)56(50)40-22-12-20-38(34-40)46-28-14-26-44(54-46)36-17-5-2-6-18-36/h1-9,11-24,26-29,31-34,43H,10,25,30H2. The van der Waals surface area contributed by atoms with E-state index < -0.39 is 0 Å². The molecule has 4 heteroatoms. The van der Waals surface area contributed by atoms with Crippen molar-refractivity contribution in [2.75, 3.05) is 0 Å². The Balaban J connectivity index is 1.07. The van der Waals surface area contributed by atoms with Gasteiger partial charge in [-0.15, -0.1) is 0 Å². The maximum Gasteiger partial charge on any atom is 0.0790 e. The molecule has 1 aliphatic carbocycles. The van der Waals surface area contributed by atoms with E-state index in [2.05, 4.69) is 191 Å². The average Bonchev–Trinajstić information content (AvgIpc) is 3.80. The Morgan fingerprint density at radius 2 is 1.16 bits per heavy atom. The molecule has 4 heterocycles. The number of aromatic nitrogens is 3. The molecule has 0 radical (unpaired) electrons. The van der Waals surface area contributed by atoms with E-state index in [4.69, 9.17) is 9.98 Å². The topological polar surface area (TPSA) is 35.1 Å². The molecule has 9 aromatic rings. The first-order chi connectivity index (χ1) is 27.8. The molecule has 2 aliphatic rings. The third-order valence-electron chi connectivity index (χ3n) is 11.5. The van der Waals surface area contributed by atoms with Crippen molar-refractivity contribution in [3.8, 4) is 33.9 Å². The van der Waals surface area contributed by atoms with E-state index in [1.165, 1.54) is 49.5 Å². The van der Waals surface area contributed by atoms with E-state index >= 15 is 0 Å². The van der Waals surface area contributed by atoms with Crippen molar-refractivity contribution in [1.82, 2.24) is 14.1 Å². The van der Waals surface area contributed by atoms with Crippen LogP contribution in [-0.4, -0.2) is 19.8 Å². The number of allylic oxidation sites excluding steroid dienone is 2. The van der Waals surface area contributed by atoms with Crippen LogP contribution in [-0.2, 0) is 6.42 Å². The summed E-state index contributed by atoms with van der Waals surface area (Å²) in [6.07, 6.45) is 12.1. The fraction of sp³-hybridized carbons (Fsp3) is 0.0769. The monoisotopic (exact) mass is 718 g/mol. The van der Waals surface area contributed by atoms with Gasteiger partial charge in [0, 0.05) is 55.5 Å². The normalized spacial score (nSPS) is 15.1. The van der Waals surface area contributed by atoms with Crippen molar-refractivity contribution >= 4 is 44.5 Å². The highest BCUT2D eigenvalue weighted by molar-refractivity contribution is 6.23. The van der Waals surface area contributed by atoms with Gasteiger partial charge in [-0.25, -0.2) is 4.98 Å². The third-order valence-corrected chi connectivity index (χ3v) is 11.5. The number of aliphatic imine (C=N–C) groups is 1. The fourth-order valence-corrected chi connectivity index (χ4v) is 8.94. The van der Waals surface area contributed by atoms with E-state index in [9.17, 15) is 0 Å². The van der Waals surface area contributed by atoms with E-state index in [1.54, 1.807) is 0 Å². The van der Waals surface area contributed by atoms with Gasteiger partial charge in [0.05, 0.1) is 39.7 Å². The van der Waals surface area contributed by atoms with Crippen molar-refractivity contribution in [3.05, 3.63) is 204 Å². The number of fused-ring (bicyclic) bond motifs is 7. The first kappa shape index (κ1) is 32.4. The van der Waals surface area contributed by atoms with E-state index in [-0.39, 0.29) is 6.04 Å². The Bertz CT molecular complexity index is 3050. The molecule has 0 saturated carbocycles. The summed E-state index contributed by atoms with van der Waals surface area (Å²) >= 11 is 0. The van der Waals surface area contributed by atoms with Gasteiger partial charge in [-0.2, -0.15) is 0 Å². The van der Waals surface area contributed by atoms with Crippen LogP contribution >= 0.6 is 0 Å². The summed E-state index contributed by atoms with van der Waals surface area (Å²) in [6.45, 7) is 0. The quantitative estimate of drug-likeness (QED) is 0.169. The van der Waals surface area contributed by atoms with Crippen molar-refractivity contribution in [2.45, 2.75) is 25.3 Å². The lowest BCUT2D eigenvalue weighted by atomic mass is 9.99. The number of dihydropyridines is 1. The molecule has 0 fully saturated rings. The number of para-hydroxylation sites is 1. The molecule has 1 aliphatic heterocycles. The van der Waals surface area contributed by atoms with Crippen LogP contribution in [0.15, 0.2) is 187 Å². The predicted molar refractivity (Wildman–Crippen MR) is 233 cm³/mol. The number of rotatable bonds is 6. The van der Waals surface area contributed by atoms with Crippen LogP contribution in [0, 0.1) is 0 Å². The second kappa shape index (κ2) is 13.4. The van der Waals surface area contributed by atoms with Crippen LogP contribution in [0.1, 0.15) is 41.3 Å². The van der Waals surface area contributed by atoms with Crippen LogP contribution in [0.2, 0.25) is 0 Å². The number of nitrogens with zero attached hydrogens (tertiary/aromatic N) is 4. The molecule has 0 bridgehead atoms. The minimum atomic E-state index is 0.126. The fourth-order valence-electron chi connectivity index (χ4n) is 8.94. The largest absolute Gasteiger partial charge is 0.313 e. The van der Waals surface area contributed by atoms with Crippen LogP contribution in [0.4, 0.5) is 0 Å². The van der Waals surface area contributed by atoms with Crippen LogP contribution in [0.3, 0.4) is 0 Å².